The summed E-state index contributed by atoms with van der Waals surface area (Å²) in [6.07, 6.45) is 2.35. The van der Waals surface area contributed by atoms with Gasteiger partial charge in [-0.1, -0.05) is 20.8 Å². The van der Waals surface area contributed by atoms with Crippen molar-refractivity contribution in [1.29, 1.82) is 0 Å². The third kappa shape index (κ3) is 2.82. The summed E-state index contributed by atoms with van der Waals surface area (Å²) in [7, 11) is -0.334. The lowest BCUT2D eigenvalue weighted by molar-refractivity contribution is -0.132. The van der Waals surface area contributed by atoms with E-state index in [1.54, 1.807) is 14.1 Å². The lowest BCUT2D eigenvalue weighted by Crippen LogP contribution is -2.48. The second-order valence-corrected chi connectivity index (χ2v) is 10.3. The molecule has 0 radical (unpaired) electrons. The zero-order chi connectivity index (χ0) is 18.6. The normalized spacial score (nSPS) is 33.2. The number of hydrogen-bond acceptors (Lipinski definition) is 4. The first-order valence-corrected chi connectivity index (χ1v) is 10.6. The Hall–Kier alpha value is -0.990. The van der Waals surface area contributed by atoms with Crippen molar-refractivity contribution in [2.75, 3.05) is 33.7 Å². The van der Waals surface area contributed by atoms with Crippen LogP contribution in [0.25, 0.3) is 0 Å². The van der Waals surface area contributed by atoms with Gasteiger partial charge in [-0.3, -0.25) is 14.7 Å². The summed E-state index contributed by atoms with van der Waals surface area (Å²) in [6.45, 7) is 7.81. The number of amides is 1. The van der Waals surface area contributed by atoms with Crippen LogP contribution in [-0.4, -0.2) is 72.9 Å². The molecule has 1 spiro atoms. The van der Waals surface area contributed by atoms with Crippen molar-refractivity contribution in [3.63, 3.8) is 0 Å². The van der Waals surface area contributed by atoms with Gasteiger partial charge in [0.25, 0.3) is 16.1 Å². The first-order chi connectivity index (χ1) is 11.6. The maximum atomic E-state index is 13.3. The van der Waals surface area contributed by atoms with E-state index in [0.29, 0.717) is 25.6 Å². The Labute approximate surface area is 151 Å². The highest BCUT2D eigenvalue weighted by atomic mass is 32.2. The van der Waals surface area contributed by atoms with Crippen LogP contribution in [0.1, 0.15) is 40.0 Å². The quantitative estimate of drug-likeness (QED) is 0.729. The van der Waals surface area contributed by atoms with Crippen molar-refractivity contribution < 1.29 is 13.2 Å². The van der Waals surface area contributed by atoms with Gasteiger partial charge < -0.3 is 0 Å². The van der Waals surface area contributed by atoms with Crippen LogP contribution in [-0.2, 0) is 15.0 Å². The Bertz CT molecular complexity index is 688. The van der Waals surface area contributed by atoms with E-state index in [2.05, 4.69) is 13.8 Å². The second kappa shape index (κ2) is 6.32. The molecule has 1 saturated heterocycles. The minimum Gasteiger partial charge on any atom is -0.298 e. The molecule has 1 aliphatic carbocycles. The van der Waals surface area contributed by atoms with E-state index >= 15 is 0 Å². The van der Waals surface area contributed by atoms with Crippen molar-refractivity contribution in [3.05, 3.63) is 0 Å². The van der Waals surface area contributed by atoms with Gasteiger partial charge in [0, 0.05) is 46.1 Å². The molecule has 3 aliphatic rings. The summed E-state index contributed by atoms with van der Waals surface area (Å²) in [6, 6.07) is 0. The molecule has 3 atom stereocenters. The van der Waals surface area contributed by atoms with E-state index in [-0.39, 0.29) is 17.7 Å². The van der Waals surface area contributed by atoms with Gasteiger partial charge in [-0.25, -0.2) is 0 Å². The van der Waals surface area contributed by atoms with Gasteiger partial charge in [-0.05, 0) is 24.7 Å². The summed E-state index contributed by atoms with van der Waals surface area (Å²) in [5.41, 5.74) is -0.735. The molecule has 0 aromatic carbocycles. The van der Waals surface area contributed by atoms with Gasteiger partial charge in [0.05, 0.1) is 0 Å². The van der Waals surface area contributed by atoms with E-state index in [1.165, 1.54) is 8.61 Å². The fraction of sp³-hybridized carbons (Fsp3) is 0.882. The lowest BCUT2D eigenvalue weighted by atomic mass is 9.85. The van der Waals surface area contributed by atoms with Gasteiger partial charge in [-0.2, -0.15) is 17.0 Å². The van der Waals surface area contributed by atoms with Crippen molar-refractivity contribution in [2.45, 2.75) is 45.6 Å². The third-order valence-corrected chi connectivity index (χ3v) is 7.70. The molecule has 7 nitrogen and oxygen atoms in total. The Kier molecular flexibility index (Phi) is 4.75. The molecule has 1 saturated carbocycles. The number of aliphatic imine (C=N–C) groups is 1. The molecule has 0 aromatic heterocycles. The first-order valence-electron chi connectivity index (χ1n) is 9.21. The predicted molar refractivity (Wildman–Crippen MR) is 97.4 cm³/mol. The Balaban J connectivity index is 1.89. The summed E-state index contributed by atoms with van der Waals surface area (Å²) >= 11 is 0. The van der Waals surface area contributed by atoms with Crippen molar-refractivity contribution in [1.82, 2.24) is 13.5 Å². The van der Waals surface area contributed by atoms with Crippen LogP contribution < -0.4 is 0 Å². The standard InChI is InChI=1S/C17H30N4O3S/c1-6-15-18-17(16(22)21(15)9-12(2)3)8-7-13-10-20(11-14(13)17)25(23,24)19(4)5/h12-14H,6-11H2,1-5H3/t13-,14+,17-/m0/s1. The maximum Gasteiger partial charge on any atom is 0.281 e. The van der Waals surface area contributed by atoms with Gasteiger partial charge in [-0.15, -0.1) is 0 Å². The third-order valence-electron chi connectivity index (χ3n) is 5.82. The molecular weight excluding hydrogens is 340 g/mol. The van der Waals surface area contributed by atoms with Crippen LogP contribution in [0.3, 0.4) is 0 Å². The Morgan fingerprint density at radius 1 is 1.32 bits per heavy atom. The maximum absolute atomic E-state index is 13.3. The largest absolute Gasteiger partial charge is 0.298 e. The highest BCUT2D eigenvalue weighted by Crippen LogP contribution is 2.51. The van der Waals surface area contributed by atoms with E-state index in [4.69, 9.17) is 4.99 Å². The fourth-order valence-corrected chi connectivity index (χ4v) is 5.78. The average Bonchev–Trinajstić information content (AvgIpc) is 3.16. The van der Waals surface area contributed by atoms with Crippen LogP contribution >= 0.6 is 0 Å². The van der Waals surface area contributed by atoms with Crippen molar-refractivity contribution in [3.8, 4) is 0 Å². The molecular formula is C17H30N4O3S. The topological polar surface area (TPSA) is 73.3 Å². The molecule has 0 aromatic rings. The lowest BCUT2D eigenvalue weighted by Gasteiger charge is -2.29. The van der Waals surface area contributed by atoms with Crippen LogP contribution in [0.4, 0.5) is 0 Å². The molecule has 0 N–H and O–H groups in total. The zero-order valence-electron chi connectivity index (χ0n) is 15.9. The molecule has 8 heteroatoms. The van der Waals surface area contributed by atoms with E-state index in [9.17, 15) is 13.2 Å². The fourth-order valence-electron chi connectivity index (χ4n) is 4.59. The monoisotopic (exact) mass is 370 g/mol. The Morgan fingerprint density at radius 3 is 2.56 bits per heavy atom. The average molecular weight is 371 g/mol. The summed E-state index contributed by atoms with van der Waals surface area (Å²) in [5, 5.41) is 0. The number of carbonyl (C=O) groups excluding carboxylic acids is 1. The van der Waals surface area contributed by atoms with Crippen molar-refractivity contribution in [2.24, 2.45) is 22.7 Å². The van der Waals surface area contributed by atoms with Crippen LogP contribution in [0.15, 0.2) is 4.99 Å². The minimum atomic E-state index is -3.44. The van der Waals surface area contributed by atoms with Gasteiger partial charge in [0.2, 0.25) is 0 Å². The summed E-state index contributed by atoms with van der Waals surface area (Å²) in [5.74, 6) is 1.55. The highest BCUT2D eigenvalue weighted by molar-refractivity contribution is 7.86. The highest BCUT2D eigenvalue weighted by Gasteiger charge is 2.62. The molecule has 2 aliphatic heterocycles. The molecule has 2 fully saturated rings. The molecule has 1 amide bonds. The second-order valence-electron chi connectivity index (χ2n) is 8.13. The molecule has 0 bridgehead atoms. The van der Waals surface area contributed by atoms with Gasteiger partial charge in [0.15, 0.2) is 0 Å². The smallest absolute Gasteiger partial charge is 0.281 e. The molecule has 142 valence electrons. The van der Waals surface area contributed by atoms with E-state index < -0.39 is 15.7 Å². The molecule has 2 heterocycles. The SMILES string of the molecule is CCC1=N[C@]2(CC[C@H]3CN(S(=O)(=O)N(C)C)C[C@H]32)C(=O)N1CC(C)C. The van der Waals surface area contributed by atoms with Crippen molar-refractivity contribution >= 4 is 22.0 Å². The summed E-state index contributed by atoms with van der Waals surface area (Å²) < 4.78 is 27.8. The number of carbonyl (C=O) groups is 1. The van der Waals surface area contributed by atoms with Gasteiger partial charge in [0.1, 0.15) is 11.4 Å². The van der Waals surface area contributed by atoms with Crippen LogP contribution in [0, 0.1) is 17.8 Å². The Morgan fingerprint density at radius 2 is 2.00 bits per heavy atom. The molecule has 0 unspecified atom stereocenters. The molecule has 25 heavy (non-hydrogen) atoms. The van der Waals surface area contributed by atoms with Crippen LogP contribution in [0.5, 0.6) is 0 Å². The first kappa shape index (κ1) is 18.8. The number of amidine groups is 1. The number of nitrogens with zero attached hydrogens (tertiary/aromatic N) is 4. The predicted octanol–water partition coefficient (Wildman–Crippen LogP) is 1.18. The van der Waals surface area contributed by atoms with Gasteiger partial charge >= 0.3 is 0 Å². The zero-order valence-corrected chi connectivity index (χ0v) is 16.7. The number of hydrogen-bond donors (Lipinski definition) is 0. The van der Waals surface area contributed by atoms with E-state index in [1.807, 2.05) is 11.8 Å². The minimum absolute atomic E-state index is 0.00608. The summed E-state index contributed by atoms with van der Waals surface area (Å²) in [4.78, 5) is 20.1. The number of fused-ring (bicyclic) bond motifs is 2. The molecule has 3 rings (SSSR count). The van der Waals surface area contributed by atoms with E-state index in [0.717, 1.165) is 25.1 Å². The van der Waals surface area contributed by atoms with Crippen LogP contribution in [0.2, 0.25) is 0 Å². The number of rotatable bonds is 5.